The molecular weight excluding hydrogens is 384 g/mol. The first-order valence-corrected chi connectivity index (χ1v) is 11.1. The number of hydrogen-bond donors (Lipinski definition) is 4. The summed E-state index contributed by atoms with van der Waals surface area (Å²) in [6.45, 7) is 19.3. The van der Waals surface area contributed by atoms with Crippen molar-refractivity contribution in [3.05, 3.63) is 0 Å². The van der Waals surface area contributed by atoms with Crippen molar-refractivity contribution in [3.8, 4) is 0 Å². The molecule has 2 fully saturated rings. The van der Waals surface area contributed by atoms with Gasteiger partial charge in [0.1, 0.15) is 11.2 Å². The average Bonchev–Trinajstić information content (AvgIpc) is 2.51. The molecule has 0 bridgehead atoms. The highest BCUT2D eigenvalue weighted by atomic mass is 16.6. The summed E-state index contributed by atoms with van der Waals surface area (Å²) >= 11 is 0. The van der Waals surface area contributed by atoms with Crippen LogP contribution in [-0.2, 0) is 9.47 Å². The molecule has 176 valence electrons. The molecule has 0 aromatic carbocycles. The summed E-state index contributed by atoms with van der Waals surface area (Å²) in [4.78, 5) is 22.9. The van der Waals surface area contributed by atoms with E-state index in [2.05, 4.69) is 35.1 Å². The van der Waals surface area contributed by atoms with Crippen LogP contribution in [0.3, 0.4) is 0 Å². The number of carbonyl (C=O) groups is 2. The standard InChI is InChI=1S/2C11H22N2O2/c2*1-8-5-9(7-12-6-8)13-10(14)15-11(2,3)4/h2*8-9,12H,5-7H2,1-4H3,(H,13,14)/t2*8-,9-/m10/s1. The van der Waals surface area contributed by atoms with Crippen molar-refractivity contribution in [1.29, 1.82) is 0 Å². The molecular formula is C22H44N4O4. The molecule has 2 aliphatic rings. The maximum atomic E-state index is 11.5. The molecule has 0 aliphatic carbocycles. The first-order valence-electron chi connectivity index (χ1n) is 11.1. The van der Waals surface area contributed by atoms with Crippen LogP contribution < -0.4 is 21.3 Å². The zero-order valence-corrected chi connectivity index (χ0v) is 20.2. The second-order valence-electron chi connectivity index (χ2n) is 10.7. The van der Waals surface area contributed by atoms with Crippen molar-refractivity contribution < 1.29 is 19.1 Å². The predicted molar refractivity (Wildman–Crippen MR) is 120 cm³/mol. The summed E-state index contributed by atoms with van der Waals surface area (Å²) in [5.74, 6) is 1.22. The number of piperidine rings is 2. The van der Waals surface area contributed by atoms with Crippen LogP contribution >= 0.6 is 0 Å². The zero-order valence-electron chi connectivity index (χ0n) is 20.2. The van der Waals surface area contributed by atoms with E-state index in [1.54, 1.807) is 0 Å². The number of hydrogen-bond acceptors (Lipinski definition) is 6. The van der Waals surface area contributed by atoms with Gasteiger partial charge in [0.2, 0.25) is 0 Å². The third-order valence-electron chi connectivity index (χ3n) is 4.58. The minimum absolute atomic E-state index is 0.198. The largest absolute Gasteiger partial charge is 0.444 e. The quantitative estimate of drug-likeness (QED) is 0.539. The van der Waals surface area contributed by atoms with Gasteiger partial charge in [0, 0.05) is 25.2 Å². The Labute approximate surface area is 182 Å². The van der Waals surface area contributed by atoms with Crippen LogP contribution in [0.1, 0.15) is 68.2 Å². The third-order valence-corrected chi connectivity index (χ3v) is 4.58. The molecule has 8 heteroatoms. The molecule has 0 saturated carbocycles. The normalized spacial score (nSPS) is 27.2. The maximum absolute atomic E-state index is 11.5. The van der Waals surface area contributed by atoms with E-state index in [1.165, 1.54) is 0 Å². The highest BCUT2D eigenvalue weighted by Crippen LogP contribution is 2.12. The number of nitrogens with one attached hydrogen (secondary N) is 4. The molecule has 0 aromatic heterocycles. The molecule has 0 unspecified atom stereocenters. The lowest BCUT2D eigenvalue weighted by molar-refractivity contribution is 0.0479. The summed E-state index contributed by atoms with van der Waals surface area (Å²) in [5.41, 5.74) is -0.838. The molecule has 2 rings (SSSR count). The molecule has 2 saturated heterocycles. The fourth-order valence-electron chi connectivity index (χ4n) is 3.48. The molecule has 30 heavy (non-hydrogen) atoms. The SMILES string of the molecule is C[C@@H]1CNC[C@@H](NC(=O)OC(C)(C)C)C1.C[C@H]1CNC[C@H](NC(=O)OC(C)(C)C)C1. The Morgan fingerprint density at radius 1 is 0.700 bits per heavy atom. The molecule has 0 spiro atoms. The van der Waals surface area contributed by atoms with Crippen molar-refractivity contribution in [2.24, 2.45) is 11.8 Å². The van der Waals surface area contributed by atoms with Crippen molar-refractivity contribution in [1.82, 2.24) is 21.3 Å². The van der Waals surface area contributed by atoms with Crippen molar-refractivity contribution in [2.75, 3.05) is 26.2 Å². The van der Waals surface area contributed by atoms with E-state index < -0.39 is 11.2 Å². The molecule has 8 nitrogen and oxygen atoms in total. The summed E-state index contributed by atoms with van der Waals surface area (Å²) in [5, 5.41) is 12.3. The highest BCUT2D eigenvalue weighted by molar-refractivity contribution is 5.68. The van der Waals surface area contributed by atoms with Gasteiger partial charge in [-0.05, 0) is 79.3 Å². The molecule has 4 atom stereocenters. The Bertz CT molecular complexity index is 494. The minimum atomic E-state index is -0.419. The Morgan fingerprint density at radius 2 is 1.03 bits per heavy atom. The van der Waals surface area contributed by atoms with E-state index in [4.69, 9.17) is 9.47 Å². The zero-order chi connectivity index (χ0) is 22.9. The Kier molecular flexibility index (Phi) is 10.4. The minimum Gasteiger partial charge on any atom is -0.444 e. The first kappa shape index (κ1) is 26.5. The number of rotatable bonds is 2. The Morgan fingerprint density at radius 3 is 1.30 bits per heavy atom. The van der Waals surface area contributed by atoms with Crippen molar-refractivity contribution in [3.63, 3.8) is 0 Å². The maximum Gasteiger partial charge on any atom is 0.407 e. The second kappa shape index (κ2) is 11.7. The monoisotopic (exact) mass is 428 g/mol. The van der Waals surface area contributed by atoms with Crippen LogP contribution in [0.2, 0.25) is 0 Å². The topological polar surface area (TPSA) is 101 Å². The predicted octanol–water partition coefficient (Wildman–Crippen LogP) is 3.02. The molecule has 2 aliphatic heterocycles. The van der Waals surface area contributed by atoms with Crippen LogP contribution in [0.15, 0.2) is 0 Å². The van der Waals surface area contributed by atoms with E-state index >= 15 is 0 Å². The van der Waals surface area contributed by atoms with Gasteiger partial charge >= 0.3 is 12.2 Å². The first-order chi connectivity index (χ1) is 13.7. The number of alkyl carbamates (subject to hydrolysis) is 2. The Hall–Kier alpha value is -1.54. The van der Waals surface area contributed by atoms with Crippen LogP contribution in [0, 0.1) is 11.8 Å². The van der Waals surface area contributed by atoms with Gasteiger partial charge in [-0.2, -0.15) is 0 Å². The third kappa shape index (κ3) is 12.9. The number of ether oxygens (including phenoxy) is 2. The molecule has 2 amide bonds. The van der Waals surface area contributed by atoms with E-state index in [1.807, 2.05) is 41.5 Å². The van der Waals surface area contributed by atoms with E-state index in [-0.39, 0.29) is 24.3 Å². The molecule has 0 radical (unpaired) electrons. The van der Waals surface area contributed by atoms with E-state index in [9.17, 15) is 9.59 Å². The van der Waals surface area contributed by atoms with Gasteiger partial charge in [-0.3, -0.25) is 0 Å². The smallest absolute Gasteiger partial charge is 0.407 e. The lowest BCUT2D eigenvalue weighted by atomic mass is 9.98. The van der Waals surface area contributed by atoms with Gasteiger partial charge in [0.25, 0.3) is 0 Å². The lowest BCUT2D eigenvalue weighted by Crippen LogP contribution is -2.49. The van der Waals surface area contributed by atoms with Gasteiger partial charge in [0.05, 0.1) is 0 Å². The van der Waals surface area contributed by atoms with Crippen LogP contribution in [-0.4, -0.2) is 61.7 Å². The fraction of sp³-hybridized carbons (Fsp3) is 0.909. The number of amides is 2. The second-order valence-corrected chi connectivity index (χ2v) is 10.7. The fourth-order valence-corrected chi connectivity index (χ4v) is 3.48. The van der Waals surface area contributed by atoms with Gasteiger partial charge < -0.3 is 30.7 Å². The molecule has 0 aromatic rings. The summed E-state index contributed by atoms with van der Waals surface area (Å²) in [6, 6.07) is 0.396. The van der Waals surface area contributed by atoms with Crippen molar-refractivity contribution >= 4 is 12.2 Å². The van der Waals surface area contributed by atoms with Crippen LogP contribution in [0.5, 0.6) is 0 Å². The lowest BCUT2D eigenvalue weighted by Gasteiger charge is -2.29. The summed E-state index contributed by atoms with van der Waals surface area (Å²) in [7, 11) is 0. The van der Waals surface area contributed by atoms with Crippen LogP contribution in [0.25, 0.3) is 0 Å². The molecule has 2 heterocycles. The van der Waals surface area contributed by atoms with Crippen molar-refractivity contribution in [2.45, 2.75) is 91.5 Å². The Balaban J connectivity index is 0.000000300. The van der Waals surface area contributed by atoms with Crippen LogP contribution in [0.4, 0.5) is 9.59 Å². The van der Waals surface area contributed by atoms with E-state index in [0.717, 1.165) is 39.0 Å². The van der Waals surface area contributed by atoms with E-state index in [0.29, 0.717) is 11.8 Å². The summed E-state index contributed by atoms with van der Waals surface area (Å²) in [6.07, 6.45) is 1.41. The highest BCUT2D eigenvalue weighted by Gasteiger charge is 2.24. The van der Waals surface area contributed by atoms with Gasteiger partial charge in [-0.1, -0.05) is 13.8 Å². The van der Waals surface area contributed by atoms with Gasteiger partial charge in [-0.15, -0.1) is 0 Å². The van der Waals surface area contributed by atoms with Gasteiger partial charge in [0.15, 0.2) is 0 Å². The number of carbonyl (C=O) groups excluding carboxylic acids is 2. The van der Waals surface area contributed by atoms with Gasteiger partial charge in [-0.25, -0.2) is 9.59 Å². The average molecular weight is 429 g/mol. The molecule has 4 N–H and O–H groups in total. The summed E-state index contributed by atoms with van der Waals surface area (Å²) < 4.78 is 10.4.